The topological polar surface area (TPSA) is 95.9 Å². The Balaban J connectivity index is 1.69. The summed E-state index contributed by atoms with van der Waals surface area (Å²) in [5.74, 6) is -1.89. The maximum Gasteiger partial charge on any atom is 0.331 e. The molecule has 1 aromatic rings. The number of likely N-dealkylation sites (tertiary alicyclic amines) is 1. The second kappa shape index (κ2) is 7.68. The van der Waals surface area contributed by atoms with E-state index in [1.807, 2.05) is 32.0 Å². The van der Waals surface area contributed by atoms with Crippen LogP contribution in [0.1, 0.15) is 40.7 Å². The van der Waals surface area contributed by atoms with Crippen LogP contribution < -0.4 is 5.32 Å². The number of carbonyl (C=O) groups excluding carboxylic acids is 2. The Hall–Kier alpha value is -2.41. The Morgan fingerprint density at radius 2 is 1.93 bits per heavy atom. The van der Waals surface area contributed by atoms with Crippen molar-refractivity contribution in [2.45, 2.75) is 38.6 Å². The molecule has 0 saturated carbocycles. The van der Waals surface area contributed by atoms with Gasteiger partial charge in [0.1, 0.15) is 0 Å². The molecule has 0 aromatic heterocycles. The molecule has 27 heavy (non-hydrogen) atoms. The number of carboxylic acid groups (broad SMARTS) is 1. The quantitative estimate of drug-likeness (QED) is 0.833. The van der Waals surface area contributed by atoms with Gasteiger partial charge in [0.05, 0.1) is 12.5 Å². The Kier molecular flexibility index (Phi) is 5.51. The van der Waals surface area contributed by atoms with Crippen molar-refractivity contribution in [2.75, 3.05) is 26.3 Å². The van der Waals surface area contributed by atoms with E-state index in [9.17, 15) is 19.5 Å². The number of amides is 2. The lowest BCUT2D eigenvalue weighted by Crippen LogP contribution is -2.58. The van der Waals surface area contributed by atoms with Gasteiger partial charge < -0.3 is 20.1 Å². The largest absolute Gasteiger partial charge is 0.479 e. The molecule has 2 fully saturated rings. The van der Waals surface area contributed by atoms with Gasteiger partial charge in [-0.3, -0.25) is 9.59 Å². The third kappa shape index (κ3) is 4.13. The number of hydrogen-bond donors (Lipinski definition) is 2. The van der Waals surface area contributed by atoms with Crippen LogP contribution in [0.4, 0.5) is 0 Å². The molecule has 0 bridgehead atoms. The highest BCUT2D eigenvalue weighted by molar-refractivity contribution is 5.95. The molecule has 2 N–H and O–H groups in total. The third-order valence-electron chi connectivity index (χ3n) is 5.34. The zero-order valence-corrected chi connectivity index (χ0v) is 15.8. The molecule has 2 amide bonds. The minimum Gasteiger partial charge on any atom is -0.479 e. The maximum atomic E-state index is 12.9. The average Bonchev–Trinajstić information content (AvgIpc) is 3.10. The van der Waals surface area contributed by atoms with E-state index in [-0.39, 0.29) is 24.8 Å². The summed E-state index contributed by atoms with van der Waals surface area (Å²) in [5.41, 5.74) is 1.32. The number of hydrogen-bond acceptors (Lipinski definition) is 4. The van der Waals surface area contributed by atoms with Crippen molar-refractivity contribution in [1.29, 1.82) is 0 Å². The second-order valence-corrected chi connectivity index (χ2v) is 7.65. The number of piperidine rings is 1. The summed E-state index contributed by atoms with van der Waals surface area (Å²) in [6, 6.07) is 5.72. The van der Waals surface area contributed by atoms with Crippen molar-refractivity contribution < 1.29 is 24.2 Å². The molecule has 2 unspecified atom stereocenters. The molecule has 1 aromatic carbocycles. The van der Waals surface area contributed by atoms with Crippen LogP contribution >= 0.6 is 0 Å². The molecule has 2 atom stereocenters. The van der Waals surface area contributed by atoms with E-state index in [1.165, 1.54) is 0 Å². The van der Waals surface area contributed by atoms with E-state index < -0.39 is 17.4 Å². The summed E-state index contributed by atoms with van der Waals surface area (Å²) in [4.78, 5) is 38.9. The van der Waals surface area contributed by atoms with Gasteiger partial charge in [-0.1, -0.05) is 17.2 Å². The number of benzene rings is 1. The van der Waals surface area contributed by atoms with E-state index in [0.717, 1.165) is 11.1 Å². The fourth-order valence-electron chi connectivity index (χ4n) is 3.88. The first-order chi connectivity index (χ1) is 12.8. The zero-order chi connectivity index (χ0) is 19.6. The average molecular weight is 374 g/mol. The summed E-state index contributed by atoms with van der Waals surface area (Å²) >= 11 is 0. The van der Waals surface area contributed by atoms with Gasteiger partial charge in [0.2, 0.25) is 5.91 Å². The highest BCUT2D eigenvalue weighted by Crippen LogP contribution is 2.24. The monoisotopic (exact) mass is 374 g/mol. The molecule has 7 heteroatoms. The molecule has 7 nitrogen and oxygen atoms in total. The summed E-state index contributed by atoms with van der Waals surface area (Å²) in [6.07, 6.45) is 1.61. The number of nitrogens with zero attached hydrogens (tertiary/aromatic N) is 1. The van der Waals surface area contributed by atoms with Crippen molar-refractivity contribution in [3.05, 3.63) is 34.9 Å². The number of ether oxygens (including phenoxy) is 1. The first kappa shape index (κ1) is 19.4. The van der Waals surface area contributed by atoms with Gasteiger partial charge in [-0.25, -0.2) is 4.79 Å². The van der Waals surface area contributed by atoms with Crippen molar-refractivity contribution in [3.8, 4) is 0 Å². The summed E-state index contributed by atoms with van der Waals surface area (Å²) in [7, 11) is 0. The molecule has 0 spiro atoms. The van der Waals surface area contributed by atoms with E-state index in [4.69, 9.17) is 4.74 Å². The van der Waals surface area contributed by atoms with E-state index >= 15 is 0 Å². The molecular weight excluding hydrogens is 348 g/mol. The fraction of sp³-hybridized carbons (Fsp3) is 0.550. The minimum absolute atomic E-state index is 0.0218. The van der Waals surface area contributed by atoms with Crippen LogP contribution in [0.2, 0.25) is 0 Å². The lowest BCUT2D eigenvalue weighted by atomic mass is 9.93. The third-order valence-corrected chi connectivity index (χ3v) is 5.34. The van der Waals surface area contributed by atoms with Crippen molar-refractivity contribution >= 4 is 17.8 Å². The standard InChI is InChI=1S/C20H26N2O5/c1-13-8-14(2)10-16(9-13)18(24)22-6-3-4-15(11-22)17(23)21-20(19(25)26)5-7-27-12-20/h8-10,15H,3-7,11-12H2,1-2H3,(H,21,23)(H,25,26). The van der Waals surface area contributed by atoms with Crippen LogP contribution in [-0.4, -0.2) is 59.6 Å². The van der Waals surface area contributed by atoms with Crippen molar-refractivity contribution in [3.63, 3.8) is 0 Å². The number of carbonyl (C=O) groups is 3. The predicted molar refractivity (Wildman–Crippen MR) is 98.5 cm³/mol. The molecular formula is C20H26N2O5. The molecule has 2 saturated heterocycles. The van der Waals surface area contributed by atoms with Gasteiger partial charge in [0.15, 0.2) is 5.54 Å². The van der Waals surface area contributed by atoms with Crippen molar-refractivity contribution in [2.24, 2.45) is 5.92 Å². The van der Waals surface area contributed by atoms with Gasteiger partial charge >= 0.3 is 5.97 Å². The summed E-state index contributed by atoms with van der Waals surface area (Å²) in [6.45, 7) is 5.09. The number of carboxylic acids is 1. The summed E-state index contributed by atoms with van der Waals surface area (Å²) in [5, 5.41) is 12.2. The van der Waals surface area contributed by atoms with Crippen LogP contribution in [0.15, 0.2) is 18.2 Å². The van der Waals surface area contributed by atoms with E-state index in [2.05, 4.69) is 5.32 Å². The lowest BCUT2D eigenvalue weighted by molar-refractivity contribution is -0.148. The Bertz CT molecular complexity index is 734. The summed E-state index contributed by atoms with van der Waals surface area (Å²) < 4.78 is 5.19. The first-order valence-electron chi connectivity index (χ1n) is 9.31. The molecule has 146 valence electrons. The van der Waals surface area contributed by atoms with Gasteiger partial charge in [0, 0.05) is 31.7 Å². The number of aryl methyl sites for hydroxylation is 2. The normalized spacial score (nSPS) is 25.3. The SMILES string of the molecule is Cc1cc(C)cc(C(=O)N2CCCC(C(=O)NC3(C(=O)O)CCOC3)C2)c1. The van der Waals surface area contributed by atoms with Gasteiger partial charge in [0.25, 0.3) is 5.91 Å². The van der Waals surface area contributed by atoms with E-state index in [1.54, 1.807) is 4.90 Å². The maximum absolute atomic E-state index is 12.9. The van der Waals surface area contributed by atoms with Gasteiger partial charge in [-0.2, -0.15) is 0 Å². The van der Waals surface area contributed by atoms with Crippen LogP contribution in [0.3, 0.4) is 0 Å². The zero-order valence-electron chi connectivity index (χ0n) is 15.8. The number of nitrogens with one attached hydrogen (secondary N) is 1. The van der Waals surface area contributed by atoms with E-state index in [0.29, 0.717) is 38.1 Å². The lowest BCUT2D eigenvalue weighted by Gasteiger charge is -2.34. The highest BCUT2D eigenvalue weighted by atomic mass is 16.5. The van der Waals surface area contributed by atoms with Crippen LogP contribution in [0, 0.1) is 19.8 Å². The Morgan fingerprint density at radius 1 is 1.22 bits per heavy atom. The van der Waals surface area contributed by atoms with Gasteiger partial charge in [-0.15, -0.1) is 0 Å². The smallest absolute Gasteiger partial charge is 0.331 e. The number of rotatable bonds is 4. The second-order valence-electron chi connectivity index (χ2n) is 7.65. The predicted octanol–water partition coefficient (Wildman–Crippen LogP) is 1.52. The van der Waals surface area contributed by atoms with Crippen LogP contribution in [0.25, 0.3) is 0 Å². The van der Waals surface area contributed by atoms with Gasteiger partial charge in [-0.05, 0) is 38.8 Å². The van der Waals surface area contributed by atoms with Crippen LogP contribution in [-0.2, 0) is 14.3 Å². The highest BCUT2D eigenvalue weighted by Gasteiger charge is 2.45. The molecule has 3 rings (SSSR count). The molecule has 0 radical (unpaired) electrons. The molecule has 2 aliphatic heterocycles. The van der Waals surface area contributed by atoms with Crippen LogP contribution in [0.5, 0.6) is 0 Å². The molecule has 0 aliphatic carbocycles. The number of aliphatic carboxylic acids is 1. The minimum atomic E-state index is -1.35. The molecule has 2 heterocycles. The Labute approximate surface area is 158 Å². The fourth-order valence-corrected chi connectivity index (χ4v) is 3.88. The van der Waals surface area contributed by atoms with Crippen molar-refractivity contribution in [1.82, 2.24) is 10.2 Å². The Morgan fingerprint density at radius 3 is 2.52 bits per heavy atom. The first-order valence-corrected chi connectivity index (χ1v) is 9.31. The molecule has 2 aliphatic rings.